The van der Waals surface area contributed by atoms with Crippen LogP contribution in [0.25, 0.3) is 0 Å². The highest BCUT2D eigenvalue weighted by molar-refractivity contribution is 5.92. The van der Waals surface area contributed by atoms with Crippen LogP contribution in [0.1, 0.15) is 49.5 Å². The molecule has 2 aliphatic carbocycles. The normalized spacial score (nSPS) is 19.4. The molecule has 5 nitrogen and oxygen atoms in total. The third kappa shape index (κ3) is 2.92. The van der Waals surface area contributed by atoms with Crippen LogP contribution < -0.4 is 10.6 Å². The van der Waals surface area contributed by atoms with Crippen molar-refractivity contribution in [3.8, 4) is 0 Å². The molecular formula is C15H22N4O. The van der Waals surface area contributed by atoms with Gasteiger partial charge in [0.25, 0.3) is 5.91 Å². The van der Waals surface area contributed by atoms with Crippen molar-refractivity contribution >= 4 is 11.7 Å². The summed E-state index contributed by atoms with van der Waals surface area (Å²) in [7, 11) is 0. The van der Waals surface area contributed by atoms with Crippen LogP contribution in [-0.4, -0.2) is 29.0 Å². The second-order valence-corrected chi connectivity index (χ2v) is 6.03. The van der Waals surface area contributed by atoms with Crippen LogP contribution in [0.2, 0.25) is 0 Å². The highest BCUT2D eigenvalue weighted by atomic mass is 16.1. The molecule has 1 amide bonds. The van der Waals surface area contributed by atoms with Crippen molar-refractivity contribution in [2.24, 2.45) is 11.3 Å². The molecular weight excluding hydrogens is 252 g/mol. The Balaban J connectivity index is 1.51. The summed E-state index contributed by atoms with van der Waals surface area (Å²) in [6.45, 7) is 3.76. The molecule has 2 saturated carbocycles. The van der Waals surface area contributed by atoms with E-state index in [2.05, 4.69) is 27.5 Å². The number of aromatic nitrogens is 2. The number of anilines is 1. The first kappa shape index (κ1) is 13.3. The lowest BCUT2D eigenvalue weighted by atomic mass is 10.0. The molecule has 1 heterocycles. The molecule has 2 aliphatic rings. The van der Waals surface area contributed by atoms with Crippen molar-refractivity contribution in [3.05, 3.63) is 18.1 Å². The minimum Gasteiger partial charge on any atom is -0.369 e. The Labute approximate surface area is 119 Å². The van der Waals surface area contributed by atoms with Crippen LogP contribution >= 0.6 is 0 Å². The summed E-state index contributed by atoms with van der Waals surface area (Å²) in [5.74, 6) is 1.47. The highest BCUT2D eigenvalue weighted by Gasteiger charge is 2.53. The fourth-order valence-electron chi connectivity index (χ4n) is 2.72. The molecule has 2 fully saturated rings. The molecule has 20 heavy (non-hydrogen) atoms. The predicted molar refractivity (Wildman–Crippen MR) is 77.5 cm³/mol. The van der Waals surface area contributed by atoms with Gasteiger partial charge in [-0.3, -0.25) is 4.79 Å². The van der Waals surface area contributed by atoms with Crippen LogP contribution in [0, 0.1) is 11.3 Å². The number of rotatable bonds is 7. The molecule has 1 aromatic heterocycles. The SMILES string of the molecule is CCCNc1cnc(C(=O)NCC2(C3CC3)CC2)cn1. The number of amides is 1. The summed E-state index contributed by atoms with van der Waals surface area (Å²) in [4.78, 5) is 20.4. The number of carbonyl (C=O) groups is 1. The van der Waals surface area contributed by atoms with E-state index in [0.29, 0.717) is 11.1 Å². The van der Waals surface area contributed by atoms with E-state index in [1.165, 1.54) is 25.7 Å². The minimum atomic E-state index is -0.105. The molecule has 1 aromatic rings. The van der Waals surface area contributed by atoms with Crippen LogP contribution in [0.15, 0.2) is 12.4 Å². The fourth-order valence-corrected chi connectivity index (χ4v) is 2.72. The summed E-state index contributed by atoms with van der Waals surface area (Å²) in [5.41, 5.74) is 0.824. The quantitative estimate of drug-likeness (QED) is 0.800. The number of hydrogen-bond acceptors (Lipinski definition) is 4. The topological polar surface area (TPSA) is 66.9 Å². The molecule has 0 unspecified atom stereocenters. The van der Waals surface area contributed by atoms with Gasteiger partial charge in [0.1, 0.15) is 11.5 Å². The van der Waals surface area contributed by atoms with E-state index in [1.54, 1.807) is 12.4 Å². The third-order valence-corrected chi connectivity index (χ3v) is 4.38. The smallest absolute Gasteiger partial charge is 0.271 e. The Bertz CT molecular complexity index is 477. The first-order valence-electron chi connectivity index (χ1n) is 7.58. The van der Waals surface area contributed by atoms with Crippen LogP contribution in [0.4, 0.5) is 5.82 Å². The summed E-state index contributed by atoms with van der Waals surface area (Å²) in [6, 6.07) is 0. The maximum Gasteiger partial charge on any atom is 0.271 e. The molecule has 5 heteroatoms. The first-order valence-corrected chi connectivity index (χ1v) is 7.58. The Kier molecular flexibility index (Phi) is 3.59. The molecule has 2 N–H and O–H groups in total. The van der Waals surface area contributed by atoms with Crippen LogP contribution in [-0.2, 0) is 0 Å². The molecule has 0 spiro atoms. The van der Waals surface area contributed by atoms with Crippen molar-refractivity contribution in [1.29, 1.82) is 0 Å². The number of nitrogens with zero attached hydrogens (tertiary/aromatic N) is 2. The standard InChI is InChI=1S/C15H22N4O/c1-2-7-16-13-9-17-12(8-18-13)14(20)19-10-15(5-6-15)11-3-4-11/h8-9,11H,2-7,10H2,1H3,(H,16,18)(H,19,20). The molecule has 0 atom stereocenters. The van der Waals surface area contributed by atoms with Gasteiger partial charge in [-0.2, -0.15) is 0 Å². The van der Waals surface area contributed by atoms with Gasteiger partial charge in [-0.15, -0.1) is 0 Å². The maximum atomic E-state index is 12.1. The Hall–Kier alpha value is -1.65. The van der Waals surface area contributed by atoms with Crippen LogP contribution in [0.5, 0.6) is 0 Å². The van der Waals surface area contributed by atoms with Crippen molar-refractivity contribution in [3.63, 3.8) is 0 Å². The second kappa shape index (κ2) is 5.38. The Morgan fingerprint density at radius 3 is 2.70 bits per heavy atom. The molecule has 0 aromatic carbocycles. The van der Waals surface area contributed by atoms with E-state index in [9.17, 15) is 4.79 Å². The zero-order valence-corrected chi connectivity index (χ0v) is 12.0. The lowest BCUT2D eigenvalue weighted by Gasteiger charge is -2.14. The Morgan fingerprint density at radius 2 is 2.15 bits per heavy atom. The predicted octanol–water partition coefficient (Wildman–Crippen LogP) is 2.22. The third-order valence-electron chi connectivity index (χ3n) is 4.38. The van der Waals surface area contributed by atoms with Crippen molar-refractivity contribution in [1.82, 2.24) is 15.3 Å². The molecule has 0 radical (unpaired) electrons. The van der Waals surface area contributed by atoms with Gasteiger partial charge < -0.3 is 10.6 Å². The average molecular weight is 274 g/mol. The van der Waals surface area contributed by atoms with Gasteiger partial charge in [-0.25, -0.2) is 9.97 Å². The van der Waals surface area contributed by atoms with E-state index in [1.807, 2.05) is 0 Å². The molecule has 0 bridgehead atoms. The first-order chi connectivity index (χ1) is 9.73. The zero-order valence-electron chi connectivity index (χ0n) is 12.0. The molecule has 0 aliphatic heterocycles. The average Bonchev–Trinajstić information content (AvgIpc) is 3.36. The van der Waals surface area contributed by atoms with Gasteiger partial charge in [0.05, 0.1) is 12.4 Å². The van der Waals surface area contributed by atoms with E-state index in [-0.39, 0.29) is 5.91 Å². The summed E-state index contributed by atoms with van der Waals surface area (Å²) >= 11 is 0. The van der Waals surface area contributed by atoms with E-state index < -0.39 is 0 Å². The number of nitrogens with one attached hydrogen (secondary N) is 2. The molecule has 3 rings (SSSR count). The van der Waals surface area contributed by atoms with Gasteiger partial charge in [0.2, 0.25) is 0 Å². The highest BCUT2D eigenvalue weighted by Crippen LogP contribution is 2.60. The molecule has 0 saturated heterocycles. The number of carbonyl (C=O) groups excluding carboxylic acids is 1. The monoisotopic (exact) mass is 274 g/mol. The van der Waals surface area contributed by atoms with Crippen molar-refractivity contribution in [2.75, 3.05) is 18.4 Å². The fraction of sp³-hybridized carbons (Fsp3) is 0.667. The van der Waals surface area contributed by atoms with Crippen molar-refractivity contribution < 1.29 is 4.79 Å². The number of hydrogen-bond donors (Lipinski definition) is 2. The lowest BCUT2D eigenvalue weighted by Crippen LogP contribution is -2.31. The second-order valence-electron chi connectivity index (χ2n) is 6.03. The minimum absolute atomic E-state index is 0.105. The van der Waals surface area contributed by atoms with E-state index in [0.717, 1.165) is 31.2 Å². The van der Waals surface area contributed by atoms with E-state index >= 15 is 0 Å². The summed E-state index contributed by atoms with van der Waals surface area (Å²) < 4.78 is 0. The largest absolute Gasteiger partial charge is 0.369 e. The lowest BCUT2D eigenvalue weighted by molar-refractivity contribution is 0.0937. The van der Waals surface area contributed by atoms with Gasteiger partial charge in [-0.05, 0) is 43.4 Å². The Morgan fingerprint density at radius 1 is 1.35 bits per heavy atom. The maximum absolute atomic E-state index is 12.1. The van der Waals surface area contributed by atoms with E-state index in [4.69, 9.17) is 0 Å². The van der Waals surface area contributed by atoms with Gasteiger partial charge in [-0.1, -0.05) is 6.92 Å². The van der Waals surface area contributed by atoms with Gasteiger partial charge >= 0.3 is 0 Å². The van der Waals surface area contributed by atoms with Crippen LogP contribution in [0.3, 0.4) is 0 Å². The summed E-state index contributed by atoms with van der Waals surface area (Å²) in [6.07, 6.45) is 9.42. The van der Waals surface area contributed by atoms with Gasteiger partial charge in [0, 0.05) is 13.1 Å². The van der Waals surface area contributed by atoms with Crippen molar-refractivity contribution in [2.45, 2.75) is 39.0 Å². The summed E-state index contributed by atoms with van der Waals surface area (Å²) in [5, 5.41) is 6.17. The van der Waals surface area contributed by atoms with Gasteiger partial charge in [0.15, 0.2) is 0 Å². The molecule has 108 valence electrons. The zero-order chi connectivity index (χ0) is 14.0.